The van der Waals surface area contributed by atoms with Crippen LogP contribution in [0.3, 0.4) is 0 Å². The highest BCUT2D eigenvalue weighted by Gasteiger charge is 1.89. The summed E-state index contributed by atoms with van der Waals surface area (Å²) in [5.41, 5.74) is 6.97. The summed E-state index contributed by atoms with van der Waals surface area (Å²) >= 11 is 0. The second-order valence-corrected chi connectivity index (χ2v) is 3.72. The number of unbranched alkanes of at least 4 members (excludes halogenated alkanes) is 2. The van der Waals surface area contributed by atoms with Crippen LogP contribution in [0.2, 0.25) is 0 Å². The normalized spacial score (nSPS) is 8.81. The van der Waals surface area contributed by atoms with Crippen LogP contribution in [0.15, 0.2) is 55.3 Å². The molecular formula is C15H25N. The summed E-state index contributed by atoms with van der Waals surface area (Å²) in [7, 11) is 0. The Morgan fingerprint density at radius 3 is 2.31 bits per heavy atom. The Morgan fingerprint density at radius 1 is 1.31 bits per heavy atom. The Kier molecular flexibility index (Phi) is 9.09. The number of hydrogen-bond acceptors (Lipinski definition) is 1. The number of aryl methyl sites for hydroxylation is 1. The molecule has 0 heterocycles. The first kappa shape index (κ1) is 14.5. The SMILES string of the molecule is C=CC(=C)N.CCCCCc1ccccc1.[HH]. The van der Waals surface area contributed by atoms with Crippen molar-refractivity contribution in [2.24, 2.45) is 5.73 Å². The fourth-order valence-electron chi connectivity index (χ4n) is 1.22. The van der Waals surface area contributed by atoms with Gasteiger partial charge in [0.15, 0.2) is 0 Å². The van der Waals surface area contributed by atoms with Crippen molar-refractivity contribution in [3.63, 3.8) is 0 Å². The monoisotopic (exact) mass is 219 g/mol. The summed E-state index contributed by atoms with van der Waals surface area (Å²) in [5.74, 6) is 0. The topological polar surface area (TPSA) is 26.0 Å². The lowest BCUT2D eigenvalue weighted by Crippen LogP contribution is -1.86. The molecule has 0 amide bonds. The highest BCUT2D eigenvalue weighted by molar-refractivity contribution is 5.14. The van der Waals surface area contributed by atoms with E-state index in [9.17, 15) is 0 Å². The summed E-state index contributed by atoms with van der Waals surface area (Å²) in [4.78, 5) is 0. The van der Waals surface area contributed by atoms with Crippen molar-refractivity contribution in [2.45, 2.75) is 32.6 Å². The van der Waals surface area contributed by atoms with Gasteiger partial charge in [0.1, 0.15) is 0 Å². The van der Waals surface area contributed by atoms with Gasteiger partial charge in [0, 0.05) is 7.12 Å². The minimum Gasteiger partial charge on any atom is -0.399 e. The van der Waals surface area contributed by atoms with Crippen LogP contribution in [0.4, 0.5) is 0 Å². The van der Waals surface area contributed by atoms with Crippen LogP contribution < -0.4 is 5.73 Å². The quantitative estimate of drug-likeness (QED) is 0.579. The van der Waals surface area contributed by atoms with Crippen molar-refractivity contribution < 1.29 is 1.43 Å². The predicted molar refractivity (Wildman–Crippen MR) is 75.3 cm³/mol. The maximum atomic E-state index is 4.98. The van der Waals surface area contributed by atoms with E-state index in [1.165, 1.54) is 37.3 Å². The Bertz CT molecular complexity index is 293. The first-order valence-corrected chi connectivity index (χ1v) is 5.81. The van der Waals surface area contributed by atoms with Gasteiger partial charge in [-0.15, -0.1) is 0 Å². The summed E-state index contributed by atoms with van der Waals surface area (Å²) in [5, 5.41) is 0. The largest absolute Gasteiger partial charge is 0.399 e. The highest BCUT2D eigenvalue weighted by atomic mass is 14.5. The molecule has 0 atom stereocenters. The van der Waals surface area contributed by atoms with Crippen molar-refractivity contribution in [3.8, 4) is 0 Å². The van der Waals surface area contributed by atoms with Gasteiger partial charge in [-0.25, -0.2) is 0 Å². The smallest absolute Gasteiger partial charge is 0.0234 e. The third-order valence-corrected chi connectivity index (χ3v) is 2.17. The van der Waals surface area contributed by atoms with E-state index in [0.717, 1.165) is 0 Å². The van der Waals surface area contributed by atoms with Crippen LogP contribution in [0.1, 0.15) is 33.2 Å². The molecule has 0 spiro atoms. The van der Waals surface area contributed by atoms with Crippen molar-refractivity contribution >= 4 is 0 Å². The summed E-state index contributed by atoms with van der Waals surface area (Å²) in [6.45, 7) is 8.91. The number of hydrogen-bond donors (Lipinski definition) is 1. The van der Waals surface area contributed by atoms with E-state index in [4.69, 9.17) is 5.73 Å². The molecule has 0 radical (unpaired) electrons. The van der Waals surface area contributed by atoms with Gasteiger partial charge in [-0.05, 0) is 24.5 Å². The number of benzene rings is 1. The Hall–Kier alpha value is -1.50. The van der Waals surface area contributed by atoms with E-state index in [-0.39, 0.29) is 1.43 Å². The average molecular weight is 219 g/mol. The van der Waals surface area contributed by atoms with E-state index in [2.05, 4.69) is 50.4 Å². The number of rotatable bonds is 5. The molecule has 1 nitrogen and oxygen atoms in total. The fourth-order valence-corrected chi connectivity index (χ4v) is 1.22. The first-order valence-electron chi connectivity index (χ1n) is 5.81. The van der Waals surface area contributed by atoms with Crippen LogP contribution >= 0.6 is 0 Å². The third-order valence-electron chi connectivity index (χ3n) is 2.17. The molecular weight excluding hydrogens is 194 g/mol. The molecule has 0 aliphatic carbocycles. The van der Waals surface area contributed by atoms with Crippen LogP contribution in [0.25, 0.3) is 0 Å². The molecule has 0 bridgehead atoms. The Morgan fingerprint density at radius 2 is 1.88 bits per heavy atom. The molecule has 0 unspecified atom stereocenters. The summed E-state index contributed by atoms with van der Waals surface area (Å²) < 4.78 is 0. The molecule has 1 heteroatoms. The lowest BCUT2D eigenvalue weighted by molar-refractivity contribution is 0.717. The maximum Gasteiger partial charge on any atom is 0.0234 e. The van der Waals surface area contributed by atoms with Gasteiger partial charge in [-0.2, -0.15) is 0 Å². The lowest BCUT2D eigenvalue weighted by Gasteiger charge is -1.98. The van der Waals surface area contributed by atoms with Gasteiger partial charge in [0.05, 0.1) is 0 Å². The predicted octanol–water partition coefficient (Wildman–Crippen LogP) is 4.31. The molecule has 0 aromatic heterocycles. The molecule has 0 saturated heterocycles. The average Bonchev–Trinajstić information content (AvgIpc) is 2.31. The summed E-state index contributed by atoms with van der Waals surface area (Å²) in [6.07, 6.45) is 6.75. The summed E-state index contributed by atoms with van der Waals surface area (Å²) in [6, 6.07) is 10.7. The second-order valence-electron chi connectivity index (χ2n) is 3.72. The van der Waals surface area contributed by atoms with Crippen molar-refractivity contribution in [1.82, 2.24) is 0 Å². The van der Waals surface area contributed by atoms with Crippen molar-refractivity contribution in [3.05, 3.63) is 60.8 Å². The minimum absolute atomic E-state index is 0. The molecule has 1 rings (SSSR count). The number of nitrogens with two attached hydrogens (primary N) is 1. The van der Waals surface area contributed by atoms with Crippen LogP contribution in [-0.2, 0) is 6.42 Å². The van der Waals surface area contributed by atoms with Gasteiger partial charge in [-0.1, -0.05) is 63.3 Å². The molecule has 0 saturated carbocycles. The molecule has 1 aromatic carbocycles. The van der Waals surface area contributed by atoms with Crippen molar-refractivity contribution in [2.75, 3.05) is 0 Å². The van der Waals surface area contributed by atoms with E-state index in [1.807, 2.05) is 0 Å². The number of allylic oxidation sites excluding steroid dienone is 1. The Balaban J connectivity index is 0. The van der Waals surface area contributed by atoms with Gasteiger partial charge >= 0.3 is 0 Å². The first-order chi connectivity index (χ1) is 7.70. The van der Waals surface area contributed by atoms with Crippen LogP contribution in [0.5, 0.6) is 0 Å². The standard InChI is InChI=1S/C11H16.C4H7N.H2/c1-2-3-5-8-11-9-6-4-7-10-11;1-3-4(2)5;/h4,6-7,9-10H,2-3,5,8H2,1H3;3H,1-2,5H2;1H. The zero-order valence-corrected chi connectivity index (χ0v) is 10.3. The van der Waals surface area contributed by atoms with Gasteiger partial charge in [0.25, 0.3) is 0 Å². The van der Waals surface area contributed by atoms with E-state index < -0.39 is 0 Å². The Labute approximate surface area is 101 Å². The minimum atomic E-state index is 0. The molecule has 1 aromatic rings. The lowest BCUT2D eigenvalue weighted by atomic mass is 10.1. The third kappa shape index (κ3) is 9.07. The van der Waals surface area contributed by atoms with E-state index >= 15 is 0 Å². The molecule has 2 N–H and O–H groups in total. The highest BCUT2D eigenvalue weighted by Crippen LogP contribution is 2.05. The molecule has 90 valence electrons. The van der Waals surface area contributed by atoms with Crippen LogP contribution in [0, 0.1) is 0 Å². The van der Waals surface area contributed by atoms with Crippen LogP contribution in [-0.4, -0.2) is 0 Å². The maximum absolute atomic E-state index is 4.98. The molecule has 0 fully saturated rings. The zero-order valence-electron chi connectivity index (χ0n) is 10.3. The van der Waals surface area contributed by atoms with Gasteiger partial charge in [-0.3, -0.25) is 0 Å². The zero-order chi connectivity index (χ0) is 12.2. The molecule has 0 aliphatic rings. The van der Waals surface area contributed by atoms with E-state index in [0.29, 0.717) is 5.70 Å². The fraction of sp³-hybridized carbons (Fsp3) is 0.333. The van der Waals surface area contributed by atoms with Crippen molar-refractivity contribution in [1.29, 1.82) is 0 Å². The second kappa shape index (κ2) is 10.0. The molecule has 0 aliphatic heterocycles. The van der Waals surface area contributed by atoms with Gasteiger partial charge < -0.3 is 5.73 Å². The van der Waals surface area contributed by atoms with Gasteiger partial charge in [0.2, 0.25) is 0 Å². The van der Waals surface area contributed by atoms with E-state index in [1.54, 1.807) is 0 Å². The molecule has 16 heavy (non-hydrogen) atoms.